The maximum Gasteiger partial charge on any atom is 0.391 e. The van der Waals surface area contributed by atoms with Crippen LogP contribution in [0.3, 0.4) is 0 Å². The van der Waals surface area contributed by atoms with E-state index in [1.54, 1.807) is 0 Å². The summed E-state index contributed by atoms with van der Waals surface area (Å²) in [6.07, 6.45) is -2.38. The number of fused-ring (bicyclic) bond motifs is 1. The van der Waals surface area contributed by atoms with E-state index in [-0.39, 0.29) is 30.6 Å². The van der Waals surface area contributed by atoms with Crippen molar-refractivity contribution in [3.8, 4) is 0 Å². The van der Waals surface area contributed by atoms with E-state index in [2.05, 4.69) is 5.32 Å². The molecular formula is C17H20F3NO. The molecule has 2 nitrogen and oxygen atoms in total. The Bertz CT molecular complexity index is 547. The highest BCUT2D eigenvalue weighted by Gasteiger charge is 2.43. The molecule has 1 unspecified atom stereocenters. The summed E-state index contributed by atoms with van der Waals surface area (Å²) in [4.78, 5) is 12.7. The fourth-order valence-electron chi connectivity index (χ4n) is 3.70. The Balaban J connectivity index is 1.69. The summed E-state index contributed by atoms with van der Waals surface area (Å²) < 4.78 is 38.2. The molecule has 1 heterocycles. The van der Waals surface area contributed by atoms with Gasteiger partial charge in [0.25, 0.3) is 0 Å². The van der Waals surface area contributed by atoms with E-state index >= 15 is 0 Å². The second-order valence-electron chi connectivity index (χ2n) is 6.33. The molecule has 2 aliphatic rings. The molecule has 1 aliphatic carbocycles. The van der Waals surface area contributed by atoms with Gasteiger partial charge in [-0.1, -0.05) is 24.3 Å². The van der Waals surface area contributed by atoms with Crippen LogP contribution in [0.15, 0.2) is 24.3 Å². The number of rotatable bonds is 2. The summed E-state index contributed by atoms with van der Waals surface area (Å²) in [6, 6.07) is 7.49. The summed E-state index contributed by atoms with van der Waals surface area (Å²) >= 11 is 0. The van der Waals surface area contributed by atoms with Gasteiger partial charge < -0.3 is 5.32 Å². The second-order valence-corrected chi connectivity index (χ2v) is 6.33. The molecule has 0 spiro atoms. The smallest absolute Gasteiger partial charge is 0.303 e. The maximum absolute atomic E-state index is 12.7. The summed E-state index contributed by atoms with van der Waals surface area (Å²) in [7, 11) is 0. The van der Waals surface area contributed by atoms with E-state index in [1.807, 2.05) is 24.3 Å². The van der Waals surface area contributed by atoms with Crippen molar-refractivity contribution < 1.29 is 18.0 Å². The van der Waals surface area contributed by atoms with Gasteiger partial charge in [0.2, 0.25) is 0 Å². The number of nitrogens with one attached hydrogen (secondary N) is 1. The van der Waals surface area contributed by atoms with Crippen LogP contribution in [-0.2, 0) is 11.2 Å². The molecular weight excluding hydrogens is 291 g/mol. The van der Waals surface area contributed by atoms with Crippen molar-refractivity contribution in [3.63, 3.8) is 0 Å². The van der Waals surface area contributed by atoms with Gasteiger partial charge in [-0.15, -0.1) is 0 Å². The monoisotopic (exact) mass is 311 g/mol. The highest BCUT2D eigenvalue weighted by molar-refractivity contribution is 5.88. The summed E-state index contributed by atoms with van der Waals surface area (Å²) in [5, 5.41) is 3.24. The first kappa shape index (κ1) is 15.5. The van der Waals surface area contributed by atoms with Crippen LogP contribution in [0, 0.1) is 11.8 Å². The number of Topliss-reactive ketones (excluding diaryl/α,β-unsaturated/α-hetero) is 1. The minimum Gasteiger partial charge on any atom is -0.303 e. The second kappa shape index (κ2) is 6.03. The molecule has 1 N–H and O–H groups in total. The highest BCUT2D eigenvalue weighted by Crippen LogP contribution is 2.41. The lowest BCUT2D eigenvalue weighted by molar-refractivity contribution is -0.184. The van der Waals surface area contributed by atoms with Gasteiger partial charge in [-0.2, -0.15) is 13.2 Å². The Morgan fingerprint density at radius 3 is 2.45 bits per heavy atom. The molecule has 120 valence electrons. The highest BCUT2D eigenvalue weighted by atomic mass is 19.4. The number of hydrogen-bond acceptors (Lipinski definition) is 2. The maximum atomic E-state index is 12.7. The van der Waals surface area contributed by atoms with Crippen molar-refractivity contribution in [2.75, 3.05) is 6.54 Å². The van der Waals surface area contributed by atoms with Crippen molar-refractivity contribution in [1.82, 2.24) is 5.32 Å². The lowest BCUT2D eigenvalue weighted by atomic mass is 9.76. The number of alkyl halides is 3. The van der Waals surface area contributed by atoms with Crippen LogP contribution in [0.2, 0.25) is 0 Å². The van der Waals surface area contributed by atoms with Crippen molar-refractivity contribution in [3.05, 3.63) is 35.4 Å². The van der Waals surface area contributed by atoms with Crippen LogP contribution in [0.5, 0.6) is 0 Å². The molecule has 22 heavy (non-hydrogen) atoms. The van der Waals surface area contributed by atoms with Gasteiger partial charge in [0.05, 0.1) is 12.0 Å². The number of carbonyl (C=O) groups is 1. The van der Waals surface area contributed by atoms with Gasteiger partial charge in [-0.25, -0.2) is 0 Å². The average Bonchev–Trinajstić information content (AvgIpc) is 2.53. The van der Waals surface area contributed by atoms with Gasteiger partial charge in [0.15, 0.2) is 5.78 Å². The third kappa shape index (κ3) is 3.05. The van der Waals surface area contributed by atoms with E-state index in [4.69, 9.17) is 0 Å². The van der Waals surface area contributed by atoms with Gasteiger partial charge in [0.1, 0.15) is 0 Å². The number of carbonyl (C=O) groups excluding carboxylic acids is 1. The van der Waals surface area contributed by atoms with Crippen LogP contribution in [-0.4, -0.2) is 18.5 Å². The van der Waals surface area contributed by atoms with Crippen LogP contribution in [0.1, 0.15) is 42.9 Å². The molecule has 5 heteroatoms. The van der Waals surface area contributed by atoms with Crippen LogP contribution in [0.25, 0.3) is 0 Å². The summed E-state index contributed by atoms with van der Waals surface area (Å²) in [5.41, 5.74) is 2.17. The Morgan fingerprint density at radius 2 is 1.77 bits per heavy atom. The Kier molecular flexibility index (Phi) is 4.26. The topological polar surface area (TPSA) is 29.1 Å². The Hall–Kier alpha value is -1.36. The fourth-order valence-corrected chi connectivity index (χ4v) is 3.70. The van der Waals surface area contributed by atoms with Gasteiger partial charge in [-0.05, 0) is 43.2 Å². The van der Waals surface area contributed by atoms with Gasteiger partial charge >= 0.3 is 6.18 Å². The molecule has 0 aromatic heterocycles. The van der Waals surface area contributed by atoms with Crippen LogP contribution >= 0.6 is 0 Å². The Morgan fingerprint density at radius 1 is 1.09 bits per heavy atom. The quantitative estimate of drug-likeness (QED) is 0.900. The number of benzene rings is 1. The predicted molar refractivity (Wildman–Crippen MR) is 77.4 cm³/mol. The molecule has 1 aliphatic heterocycles. The molecule has 0 amide bonds. The van der Waals surface area contributed by atoms with Gasteiger partial charge in [-0.3, -0.25) is 4.79 Å². The van der Waals surface area contributed by atoms with Gasteiger partial charge in [0, 0.05) is 12.5 Å². The first-order valence-corrected chi connectivity index (χ1v) is 7.88. The van der Waals surface area contributed by atoms with E-state index in [0.717, 1.165) is 18.5 Å². The minimum absolute atomic E-state index is 0.0628. The zero-order valence-corrected chi connectivity index (χ0v) is 12.3. The van der Waals surface area contributed by atoms with Crippen LogP contribution in [0.4, 0.5) is 13.2 Å². The number of ketones is 1. The average molecular weight is 311 g/mol. The molecule has 1 saturated carbocycles. The first-order chi connectivity index (χ1) is 10.5. The van der Waals surface area contributed by atoms with Crippen molar-refractivity contribution in [1.29, 1.82) is 0 Å². The largest absolute Gasteiger partial charge is 0.391 e. The first-order valence-electron chi connectivity index (χ1n) is 7.88. The summed E-state index contributed by atoms with van der Waals surface area (Å²) in [5.74, 6) is -1.42. The summed E-state index contributed by atoms with van der Waals surface area (Å²) in [6.45, 7) is 0.741. The molecule has 0 bridgehead atoms. The van der Waals surface area contributed by atoms with E-state index in [1.165, 1.54) is 5.56 Å². The molecule has 0 radical (unpaired) electrons. The molecule has 3 rings (SSSR count). The van der Waals surface area contributed by atoms with Crippen LogP contribution < -0.4 is 5.32 Å². The molecule has 1 atom stereocenters. The molecule has 1 fully saturated rings. The van der Waals surface area contributed by atoms with E-state index < -0.39 is 12.1 Å². The van der Waals surface area contributed by atoms with Crippen molar-refractivity contribution >= 4 is 5.78 Å². The third-order valence-electron chi connectivity index (χ3n) is 4.99. The fraction of sp³-hybridized carbons (Fsp3) is 0.588. The van der Waals surface area contributed by atoms with Crippen molar-refractivity contribution in [2.24, 2.45) is 11.8 Å². The Labute approximate surface area is 128 Å². The lowest BCUT2D eigenvalue weighted by Crippen LogP contribution is -2.40. The number of halogens is 3. The number of hydrogen-bond donors (Lipinski definition) is 1. The normalized spacial score (nSPS) is 29.0. The predicted octanol–water partition coefficient (Wildman–Crippen LogP) is 3.81. The zero-order valence-electron chi connectivity index (χ0n) is 12.3. The van der Waals surface area contributed by atoms with E-state index in [0.29, 0.717) is 12.8 Å². The zero-order chi connectivity index (χ0) is 15.7. The van der Waals surface area contributed by atoms with E-state index in [9.17, 15) is 18.0 Å². The third-order valence-corrected chi connectivity index (χ3v) is 4.99. The molecule has 1 aromatic rings. The lowest BCUT2D eigenvalue weighted by Gasteiger charge is -2.33. The minimum atomic E-state index is -4.12. The van der Waals surface area contributed by atoms with Crippen molar-refractivity contribution in [2.45, 2.75) is 44.3 Å². The molecule has 0 saturated heterocycles. The SMILES string of the molecule is O=C(C1CCC(C(F)(F)F)CC1)C1NCCc2ccccc21. The standard InChI is InChI=1S/C17H20F3NO/c18-17(19,20)13-7-5-12(6-8-13)16(22)15-14-4-2-1-3-11(14)9-10-21-15/h1-4,12-13,15,21H,5-10H2. The molecule has 1 aromatic carbocycles.